The number of benzene rings is 2. The Hall–Kier alpha value is -3.16. The van der Waals surface area contributed by atoms with Crippen molar-refractivity contribution in [2.24, 2.45) is 12.0 Å². The predicted octanol–water partition coefficient (Wildman–Crippen LogP) is 2.34. The number of nitrogens with zero attached hydrogens (tertiary/aromatic N) is 3. The van der Waals surface area contributed by atoms with Gasteiger partial charge in [-0.3, -0.25) is 20.2 Å². The van der Waals surface area contributed by atoms with Crippen LogP contribution in [0.2, 0.25) is 0 Å². The van der Waals surface area contributed by atoms with E-state index in [0.29, 0.717) is 16.6 Å². The summed E-state index contributed by atoms with van der Waals surface area (Å²) in [7, 11) is 1.61. The lowest BCUT2D eigenvalue weighted by Gasteiger charge is -2.18. The zero-order valence-corrected chi connectivity index (χ0v) is 13.7. The Morgan fingerprint density at radius 2 is 1.88 bits per heavy atom. The summed E-state index contributed by atoms with van der Waals surface area (Å²) in [5, 5.41) is 31.3. The van der Waals surface area contributed by atoms with Crippen molar-refractivity contribution in [3.05, 3.63) is 64.4 Å². The van der Waals surface area contributed by atoms with Crippen molar-refractivity contribution in [3.8, 4) is 5.75 Å². The minimum Gasteiger partial charge on any atom is -0.871 e. The first-order valence-electron chi connectivity index (χ1n) is 7.52. The highest BCUT2D eigenvalue weighted by Crippen LogP contribution is 2.25. The number of hydrogen-bond acceptors (Lipinski definition) is 6. The van der Waals surface area contributed by atoms with E-state index in [2.05, 4.69) is 4.99 Å². The van der Waals surface area contributed by atoms with Gasteiger partial charge in [0, 0.05) is 7.05 Å². The third kappa shape index (κ3) is 2.98. The summed E-state index contributed by atoms with van der Waals surface area (Å²) in [5.41, 5.74) is 0.896. The molecule has 0 bridgehead atoms. The SMILES string of the molecule is CC(=Nc1cccc(N(O)O)c1)c1c([O-])c2ccccc2n(C)c1=O. The van der Waals surface area contributed by atoms with E-state index in [9.17, 15) is 9.90 Å². The maximum Gasteiger partial charge on any atom is 0.259 e. The van der Waals surface area contributed by atoms with Crippen molar-refractivity contribution < 1.29 is 15.5 Å². The molecule has 2 N–H and O–H groups in total. The zero-order valence-electron chi connectivity index (χ0n) is 13.7. The molecule has 7 heteroatoms. The maximum atomic E-state index is 12.7. The predicted molar refractivity (Wildman–Crippen MR) is 93.0 cm³/mol. The minimum absolute atomic E-state index is 0.00328. The van der Waals surface area contributed by atoms with Crippen molar-refractivity contribution in [2.75, 3.05) is 5.23 Å². The van der Waals surface area contributed by atoms with Gasteiger partial charge in [0.05, 0.1) is 28.2 Å². The highest BCUT2D eigenvalue weighted by molar-refractivity contribution is 6.06. The van der Waals surface area contributed by atoms with Crippen LogP contribution in [0, 0.1) is 0 Å². The number of fused-ring (bicyclic) bond motifs is 1. The average molecular weight is 338 g/mol. The van der Waals surface area contributed by atoms with Crippen LogP contribution >= 0.6 is 0 Å². The third-order valence-corrected chi connectivity index (χ3v) is 3.97. The van der Waals surface area contributed by atoms with E-state index in [1.54, 1.807) is 50.4 Å². The second-order valence-electron chi connectivity index (χ2n) is 5.59. The van der Waals surface area contributed by atoms with Crippen molar-refractivity contribution >= 4 is 28.0 Å². The minimum atomic E-state index is -0.424. The molecular weight excluding hydrogens is 322 g/mol. The van der Waals surface area contributed by atoms with Crippen LogP contribution in [0.4, 0.5) is 11.4 Å². The number of hydrogen-bond donors (Lipinski definition) is 2. The molecule has 0 unspecified atom stereocenters. The molecule has 3 rings (SSSR count). The lowest BCUT2D eigenvalue weighted by atomic mass is 10.1. The van der Waals surface area contributed by atoms with Crippen LogP contribution in [-0.2, 0) is 7.05 Å². The van der Waals surface area contributed by atoms with Crippen molar-refractivity contribution in [2.45, 2.75) is 6.92 Å². The van der Waals surface area contributed by atoms with E-state index in [4.69, 9.17) is 10.4 Å². The molecule has 0 aliphatic heterocycles. The topological polar surface area (TPSA) is 101 Å². The molecule has 1 aromatic heterocycles. The highest BCUT2D eigenvalue weighted by Gasteiger charge is 2.12. The van der Waals surface area contributed by atoms with Crippen LogP contribution in [0.3, 0.4) is 0 Å². The average Bonchev–Trinajstić information content (AvgIpc) is 2.60. The van der Waals surface area contributed by atoms with Crippen LogP contribution in [0.5, 0.6) is 5.75 Å². The molecule has 0 saturated heterocycles. The van der Waals surface area contributed by atoms with Gasteiger partial charge in [-0.25, -0.2) is 0 Å². The Kier molecular flexibility index (Phi) is 4.26. The fraction of sp³-hybridized carbons (Fsp3) is 0.111. The molecule has 0 amide bonds. The number of aliphatic imine (C=N–C) groups is 1. The van der Waals surface area contributed by atoms with E-state index < -0.39 is 5.56 Å². The first-order chi connectivity index (χ1) is 11.9. The first kappa shape index (κ1) is 16.7. The second-order valence-corrected chi connectivity index (χ2v) is 5.59. The Morgan fingerprint density at radius 3 is 2.60 bits per heavy atom. The normalized spacial score (nSPS) is 11.8. The van der Waals surface area contributed by atoms with Gasteiger partial charge in [0.1, 0.15) is 0 Å². The van der Waals surface area contributed by atoms with E-state index in [1.165, 1.54) is 16.7 Å². The molecule has 7 nitrogen and oxygen atoms in total. The van der Waals surface area contributed by atoms with Gasteiger partial charge in [-0.05, 0) is 36.6 Å². The lowest BCUT2D eigenvalue weighted by Crippen LogP contribution is -2.26. The van der Waals surface area contributed by atoms with Crippen molar-refractivity contribution in [1.29, 1.82) is 0 Å². The largest absolute Gasteiger partial charge is 0.871 e. The summed E-state index contributed by atoms with van der Waals surface area (Å²) in [4.78, 5) is 16.9. The number of para-hydroxylation sites is 1. The Morgan fingerprint density at radius 1 is 1.16 bits per heavy atom. The van der Waals surface area contributed by atoms with Gasteiger partial charge in [0.2, 0.25) is 0 Å². The number of rotatable bonds is 3. The molecule has 0 aliphatic carbocycles. The molecular formula is C18H16N3O4-. The number of aryl methyl sites for hydroxylation is 1. The highest BCUT2D eigenvalue weighted by atomic mass is 16.8. The number of aromatic nitrogens is 1. The molecule has 3 aromatic rings. The van der Waals surface area contributed by atoms with Crippen LogP contribution in [0.1, 0.15) is 12.5 Å². The maximum absolute atomic E-state index is 12.7. The van der Waals surface area contributed by atoms with E-state index in [-0.39, 0.29) is 27.9 Å². The molecule has 0 spiro atoms. The molecule has 128 valence electrons. The van der Waals surface area contributed by atoms with Crippen LogP contribution in [-0.4, -0.2) is 20.7 Å². The first-order valence-corrected chi connectivity index (χ1v) is 7.52. The molecule has 0 aliphatic rings. The van der Waals surface area contributed by atoms with Gasteiger partial charge < -0.3 is 9.67 Å². The molecule has 0 fully saturated rings. The number of pyridine rings is 1. The zero-order chi connectivity index (χ0) is 18.1. The molecule has 25 heavy (non-hydrogen) atoms. The summed E-state index contributed by atoms with van der Waals surface area (Å²) >= 11 is 0. The second kappa shape index (κ2) is 6.39. The Bertz CT molecular complexity index is 1040. The van der Waals surface area contributed by atoms with Gasteiger partial charge >= 0.3 is 0 Å². The smallest absolute Gasteiger partial charge is 0.259 e. The Labute approximate surface area is 143 Å². The number of anilines is 1. The van der Waals surface area contributed by atoms with Gasteiger partial charge in [-0.1, -0.05) is 30.0 Å². The monoisotopic (exact) mass is 338 g/mol. The van der Waals surface area contributed by atoms with E-state index in [1.807, 2.05) is 0 Å². The van der Waals surface area contributed by atoms with Crippen LogP contribution in [0.15, 0.2) is 58.3 Å². The molecule has 2 aromatic carbocycles. The Balaban J connectivity index is 2.19. The van der Waals surface area contributed by atoms with Crippen LogP contribution in [0.25, 0.3) is 10.9 Å². The third-order valence-electron chi connectivity index (χ3n) is 3.97. The summed E-state index contributed by atoms with van der Waals surface area (Å²) < 4.78 is 1.42. The summed E-state index contributed by atoms with van der Waals surface area (Å²) in [6, 6.07) is 13.0. The van der Waals surface area contributed by atoms with Gasteiger partial charge in [-0.15, -0.1) is 5.23 Å². The molecule has 0 atom stereocenters. The molecule has 1 heterocycles. The quantitative estimate of drug-likeness (QED) is 0.564. The van der Waals surface area contributed by atoms with Crippen molar-refractivity contribution in [3.63, 3.8) is 0 Å². The summed E-state index contributed by atoms with van der Waals surface area (Å²) in [6.45, 7) is 1.58. The van der Waals surface area contributed by atoms with E-state index >= 15 is 0 Å². The van der Waals surface area contributed by atoms with Gasteiger partial charge in [-0.2, -0.15) is 0 Å². The van der Waals surface area contributed by atoms with E-state index in [0.717, 1.165) is 0 Å². The van der Waals surface area contributed by atoms with Gasteiger partial charge in [0.25, 0.3) is 5.56 Å². The molecule has 0 saturated carbocycles. The summed E-state index contributed by atoms with van der Waals surface area (Å²) in [6.07, 6.45) is 0. The lowest BCUT2D eigenvalue weighted by molar-refractivity contribution is -0.266. The molecule has 0 radical (unpaired) electrons. The fourth-order valence-corrected chi connectivity index (χ4v) is 2.72. The standard InChI is InChI=1S/C18H17N3O4/c1-11(19-12-6-5-7-13(10-12)21(24)25)16-17(22)14-8-3-4-9-15(14)20(2)18(16)23/h3-10,22,24-25H,1-2H3/p-1. The van der Waals surface area contributed by atoms with Crippen molar-refractivity contribution in [1.82, 2.24) is 4.57 Å². The fourth-order valence-electron chi connectivity index (χ4n) is 2.72. The van der Waals surface area contributed by atoms with Crippen LogP contribution < -0.4 is 15.9 Å². The van der Waals surface area contributed by atoms with Gasteiger partial charge in [0.15, 0.2) is 0 Å². The summed E-state index contributed by atoms with van der Waals surface area (Å²) in [5.74, 6) is -0.373.